The lowest BCUT2D eigenvalue weighted by Crippen LogP contribution is -2.53. The number of carbonyl (C=O) groups is 2. The molecule has 1 saturated carbocycles. The molecule has 142 valence electrons. The molecular formula is C18H28F2N2O3. The van der Waals surface area contributed by atoms with Crippen LogP contribution < -0.4 is 0 Å². The van der Waals surface area contributed by atoms with E-state index in [1.807, 2.05) is 18.7 Å². The molecule has 2 amide bonds. The first-order valence-electron chi connectivity index (χ1n) is 9.44. The van der Waals surface area contributed by atoms with E-state index < -0.39 is 12.0 Å². The minimum Gasteiger partial charge on any atom is -0.369 e. The second-order valence-electron chi connectivity index (χ2n) is 7.65. The molecule has 7 heteroatoms. The number of hydrogen-bond donors (Lipinski definition) is 0. The van der Waals surface area contributed by atoms with Gasteiger partial charge in [-0.25, -0.2) is 8.78 Å². The fraction of sp³-hybridized carbons (Fsp3) is 0.889. The van der Waals surface area contributed by atoms with Crippen LogP contribution in [0.15, 0.2) is 0 Å². The summed E-state index contributed by atoms with van der Waals surface area (Å²) in [4.78, 5) is 28.8. The maximum absolute atomic E-state index is 12.9. The number of likely N-dealkylation sites (tertiary alicyclic amines) is 2. The Bertz CT molecular complexity index is 514. The lowest BCUT2D eigenvalue weighted by molar-refractivity contribution is -0.151. The molecule has 2 heterocycles. The number of alkyl halides is 2. The third-order valence-corrected chi connectivity index (χ3v) is 5.68. The van der Waals surface area contributed by atoms with Crippen molar-refractivity contribution in [2.75, 3.05) is 19.7 Å². The molecule has 25 heavy (non-hydrogen) atoms. The Hall–Kier alpha value is -1.24. The summed E-state index contributed by atoms with van der Waals surface area (Å²) in [5.41, 5.74) is 0. The summed E-state index contributed by atoms with van der Waals surface area (Å²) in [7, 11) is 0. The Kier molecular flexibility index (Phi) is 5.32. The molecule has 3 atom stereocenters. The van der Waals surface area contributed by atoms with Crippen LogP contribution in [0, 0.1) is 5.92 Å². The van der Waals surface area contributed by atoms with Crippen molar-refractivity contribution in [1.82, 2.24) is 9.80 Å². The van der Waals surface area contributed by atoms with Crippen LogP contribution in [0.4, 0.5) is 8.78 Å². The van der Waals surface area contributed by atoms with Gasteiger partial charge in [0.05, 0.1) is 12.1 Å². The molecule has 5 nitrogen and oxygen atoms in total. The lowest BCUT2D eigenvalue weighted by atomic mass is 9.79. The zero-order chi connectivity index (χ0) is 18.2. The molecule has 0 radical (unpaired) electrons. The first-order valence-corrected chi connectivity index (χ1v) is 9.44. The second-order valence-corrected chi connectivity index (χ2v) is 7.65. The van der Waals surface area contributed by atoms with E-state index in [-0.39, 0.29) is 49.1 Å². The monoisotopic (exact) mass is 358 g/mol. The normalized spacial score (nSPS) is 29.0. The minimum atomic E-state index is -2.58. The van der Waals surface area contributed by atoms with E-state index in [4.69, 9.17) is 4.74 Å². The van der Waals surface area contributed by atoms with Crippen LogP contribution in [0.5, 0.6) is 0 Å². The molecule has 1 aliphatic carbocycles. The maximum Gasteiger partial charge on any atom is 0.252 e. The molecule has 3 rings (SSSR count). The van der Waals surface area contributed by atoms with Gasteiger partial charge in [-0.05, 0) is 25.7 Å². The third-order valence-electron chi connectivity index (χ3n) is 5.68. The van der Waals surface area contributed by atoms with Crippen LogP contribution in [0.25, 0.3) is 0 Å². The highest BCUT2D eigenvalue weighted by atomic mass is 19.3. The van der Waals surface area contributed by atoms with E-state index in [0.717, 1.165) is 12.8 Å². The number of carbonyl (C=O) groups excluding carboxylic acids is 2. The predicted molar refractivity (Wildman–Crippen MR) is 88.2 cm³/mol. The highest BCUT2D eigenvalue weighted by Gasteiger charge is 2.50. The van der Waals surface area contributed by atoms with E-state index in [2.05, 4.69) is 0 Å². The van der Waals surface area contributed by atoms with Crippen LogP contribution in [0.3, 0.4) is 0 Å². The maximum atomic E-state index is 12.9. The Balaban J connectivity index is 1.51. The molecule has 2 bridgehead atoms. The van der Waals surface area contributed by atoms with E-state index in [1.165, 1.54) is 0 Å². The van der Waals surface area contributed by atoms with Gasteiger partial charge in [-0.15, -0.1) is 0 Å². The number of fused-ring (bicyclic) bond motifs is 2. The van der Waals surface area contributed by atoms with Gasteiger partial charge in [0, 0.05) is 39.0 Å². The zero-order valence-corrected chi connectivity index (χ0v) is 15.0. The summed E-state index contributed by atoms with van der Waals surface area (Å²) >= 11 is 0. The van der Waals surface area contributed by atoms with E-state index in [9.17, 15) is 18.4 Å². The van der Waals surface area contributed by atoms with Crippen LogP contribution in [-0.4, -0.2) is 65.4 Å². The molecule has 1 unspecified atom stereocenters. The van der Waals surface area contributed by atoms with Crippen LogP contribution in [-0.2, 0) is 14.3 Å². The molecule has 0 spiro atoms. The molecule has 0 N–H and O–H groups in total. The molecular weight excluding hydrogens is 330 g/mol. The van der Waals surface area contributed by atoms with Gasteiger partial charge in [0.2, 0.25) is 11.8 Å². The van der Waals surface area contributed by atoms with Gasteiger partial charge in [-0.2, -0.15) is 0 Å². The molecule has 3 aliphatic rings. The van der Waals surface area contributed by atoms with E-state index in [0.29, 0.717) is 26.1 Å². The Morgan fingerprint density at radius 2 is 1.80 bits per heavy atom. The average Bonchev–Trinajstić information content (AvgIpc) is 3.12. The van der Waals surface area contributed by atoms with Gasteiger partial charge in [-0.3, -0.25) is 9.59 Å². The summed E-state index contributed by atoms with van der Waals surface area (Å²) in [5.74, 6) is -2.77. The van der Waals surface area contributed by atoms with Crippen molar-refractivity contribution in [3.63, 3.8) is 0 Å². The highest BCUT2D eigenvalue weighted by molar-refractivity contribution is 5.83. The topological polar surface area (TPSA) is 49.9 Å². The van der Waals surface area contributed by atoms with Crippen molar-refractivity contribution < 1.29 is 23.1 Å². The van der Waals surface area contributed by atoms with Crippen molar-refractivity contribution in [3.8, 4) is 0 Å². The highest BCUT2D eigenvalue weighted by Crippen LogP contribution is 2.44. The van der Waals surface area contributed by atoms with Crippen molar-refractivity contribution in [3.05, 3.63) is 0 Å². The number of ether oxygens (including phenoxy) is 1. The molecule has 0 aromatic carbocycles. The number of nitrogens with zero attached hydrogens (tertiary/aromatic N) is 2. The van der Waals surface area contributed by atoms with Gasteiger partial charge >= 0.3 is 0 Å². The third kappa shape index (κ3) is 3.81. The standard InChI is InChI=1S/C18H28F2N2O3/c1-3-5-15(25-4-2)17(24)22-11-13-7-14(22)10-21(13)16(23)6-12-8-18(19,20)9-12/h12-15H,3-11H2,1-2H3/t13-,14-,15?/m0/s1. The van der Waals surface area contributed by atoms with Gasteiger partial charge < -0.3 is 14.5 Å². The van der Waals surface area contributed by atoms with E-state index in [1.54, 1.807) is 4.90 Å². The molecule has 3 fully saturated rings. The average molecular weight is 358 g/mol. The summed E-state index contributed by atoms with van der Waals surface area (Å²) in [6.45, 7) is 5.50. The number of hydrogen-bond acceptors (Lipinski definition) is 3. The molecule has 0 aromatic rings. The van der Waals surface area contributed by atoms with Crippen LogP contribution in [0.2, 0.25) is 0 Å². The van der Waals surface area contributed by atoms with Crippen molar-refractivity contribution in [1.29, 1.82) is 0 Å². The molecule has 0 aromatic heterocycles. The van der Waals surface area contributed by atoms with Crippen LogP contribution >= 0.6 is 0 Å². The lowest BCUT2D eigenvalue weighted by Gasteiger charge is -2.38. The number of piperazine rings is 1. The summed E-state index contributed by atoms with van der Waals surface area (Å²) in [6, 6.07) is 0.0787. The number of amides is 2. The molecule has 2 aliphatic heterocycles. The summed E-state index contributed by atoms with van der Waals surface area (Å²) < 4.78 is 31.4. The quantitative estimate of drug-likeness (QED) is 0.702. The fourth-order valence-electron chi connectivity index (χ4n) is 4.46. The Morgan fingerprint density at radius 1 is 1.16 bits per heavy atom. The number of rotatable bonds is 7. The fourth-order valence-corrected chi connectivity index (χ4v) is 4.46. The van der Waals surface area contributed by atoms with Gasteiger partial charge in [0.25, 0.3) is 5.91 Å². The predicted octanol–water partition coefficient (Wildman–Crippen LogP) is 2.44. The SMILES string of the molecule is CCCC(OCC)C(=O)N1C[C@@H]2C[C@H]1CN2C(=O)CC1CC(F)(F)C1. The zero-order valence-electron chi connectivity index (χ0n) is 15.0. The van der Waals surface area contributed by atoms with Gasteiger partial charge in [0.1, 0.15) is 6.10 Å². The van der Waals surface area contributed by atoms with Gasteiger partial charge in [0.15, 0.2) is 0 Å². The Morgan fingerprint density at radius 3 is 2.32 bits per heavy atom. The first-order chi connectivity index (χ1) is 11.8. The van der Waals surface area contributed by atoms with Gasteiger partial charge in [-0.1, -0.05) is 13.3 Å². The first kappa shape index (κ1) is 18.5. The largest absolute Gasteiger partial charge is 0.369 e. The van der Waals surface area contributed by atoms with Crippen molar-refractivity contribution in [2.45, 2.75) is 76.5 Å². The second kappa shape index (κ2) is 7.17. The minimum absolute atomic E-state index is 0.0296. The van der Waals surface area contributed by atoms with E-state index >= 15 is 0 Å². The summed E-state index contributed by atoms with van der Waals surface area (Å²) in [6.07, 6.45) is 1.87. The number of halogens is 2. The van der Waals surface area contributed by atoms with Crippen LogP contribution in [0.1, 0.15) is 52.4 Å². The smallest absolute Gasteiger partial charge is 0.252 e. The molecule has 2 saturated heterocycles. The van der Waals surface area contributed by atoms with Crippen molar-refractivity contribution in [2.24, 2.45) is 5.92 Å². The Labute approximate surface area is 147 Å². The summed E-state index contributed by atoms with van der Waals surface area (Å²) in [5, 5.41) is 0. The van der Waals surface area contributed by atoms with Crippen molar-refractivity contribution >= 4 is 11.8 Å².